The van der Waals surface area contributed by atoms with Gasteiger partial charge in [0.2, 0.25) is 6.10 Å². The molecule has 0 saturated carbocycles. The highest BCUT2D eigenvalue weighted by atomic mass is 35.5. The van der Waals surface area contributed by atoms with E-state index in [1.54, 1.807) is 12.1 Å². The zero-order valence-corrected chi connectivity index (χ0v) is 18.0. The van der Waals surface area contributed by atoms with Crippen molar-refractivity contribution in [3.8, 4) is 17.6 Å². The van der Waals surface area contributed by atoms with Gasteiger partial charge >= 0.3 is 0 Å². The van der Waals surface area contributed by atoms with E-state index in [4.69, 9.17) is 25.9 Å². The average Bonchev–Trinajstić information content (AvgIpc) is 3.31. The Morgan fingerprint density at radius 1 is 1.41 bits per heavy atom. The molecule has 0 bridgehead atoms. The zero-order valence-electron chi connectivity index (χ0n) is 16.5. The van der Waals surface area contributed by atoms with E-state index in [1.807, 2.05) is 13.8 Å². The van der Waals surface area contributed by atoms with Crippen LogP contribution in [-0.4, -0.2) is 31.9 Å². The highest BCUT2D eigenvalue weighted by Crippen LogP contribution is 2.36. The van der Waals surface area contributed by atoms with Crippen LogP contribution in [0.15, 0.2) is 17.3 Å². The molecule has 1 aliphatic rings. The fourth-order valence-electron chi connectivity index (χ4n) is 3.17. The van der Waals surface area contributed by atoms with E-state index in [2.05, 4.69) is 16.5 Å². The molecule has 9 heteroatoms. The van der Waals surface area contributed by atoms with Gasteiger partial charge in [0.15, 0.2) is 0 Å². The summed E-state index contributed by atoms with van der Waals surface area (Å²) in [5.74, 6) is 0.635. The molecule has 2 heterocycles. The second kappa shape index (κ2) is 8.72. The maximum absolute atomic E-state index is 12.7. The molecule has 0 radical (unpaired) electrons. The first-order valence-electron chi connectivity index (χ1n) is 8.91. The molecule has 7 nitrogen and oxygen atoms in total. The average molecular weight is 434 g/mol. The quantitative estimate of drug-likeness (QED) is 0.733. The fourth-order valence-corrected chi connectivity index (χ4v) is 4.50. The standard InChI is InChI=1S/C20H20ClN3O4S/c1-5-11-10(2)29-20(13(11)9-22)23-19(25)18-7-15(24-28-18)12-6-14(21)17(27-4)8-16(12)26-3/h6,8,18H,5,7H2,1-4H3,(H,23,25). The number of ether oxygens (including phenoxy) is 2. The number of nitrogens with one attached hydrogen (secondary N) is 1. The van der Waals surface area contributed by atoms with Gasteiger partial charge in [0.05, 0.1) is 30.5 Å². The van der Waals surface area contributed by atoms with Gasteiger partial charge in [0, 0.05) is 22.9 Å². The van der Waals surface area contributed by atoms with Crippen LogP contribution in [0.5, 0.6) is 11.5 Å². The Kier molecular flexibility index (Phi) is 6.30. The number of carbonyl (C=O) groups excluding carboxylic acids is 1. The van der Waals surface area contributed by atoms with Crippen molar-refractivity contribution in [2.24, 2.45) is 5.16 Å². The largest absolute Gasteiger partial charge is 0.496 e. The summed E-state index contributed by atoms with van der Waals surface area (Å²) in [6.07, 6.45) is 0.166. The minimum atomic E-state index is -0.811. The predicted octanol–water partition coefficient (Wildman–Crippen LogP) is 4.29. The van der Waals surface area contributed by atoms with Crippen molar-refractivity contribution in [2.75, 3.05) is 19.5 Å². The van der Waals surface area contributed by atoms with Crippen molar-refractivity contribution >= 4 is 39.6 Å². The van der Waals surface area contributed by atoms with Crippen LogP contribution in [0.2, 0.25) is 5.02 Å². The van der Waals surface area contributed by atoms with Crippen LogP contribution in [-0.2, 0) is 16.1 Å². The van der Waals surface area contributed by atoms with Crippen LogP contribution in [0, 0.1) is 18.3 Å². The lowest BCUT2D eigenvalue weighted by Crippen LogP contribution is -2.28. The molecular weight excluding hydrogens is 414 g/mol. The first-order valence-corrected chi connectivity index (χ1v) is 10.1. The number of anilines is 1. The maximum atomic E-state index is 12.7. The SMILES string of the molecule is CCc1c(C)sc(NC(=O)C2CC(c3cc(Cl)c(OC)cc3OC)=NO2)c1C#N. The number of nitrogens with zero attached hydrogens (tertiary/aromatic N) is 2. The van der Waals surface area contributed by atoms with Gasteiger partial charge in [-0.3, -0.25) is 4.79 Å². The first-order chi connectivity index (χ1) is 13.9. The second-order valence-electron chi connectivity index (χ2n) is 6.32. The number of aryl methyl sites for hydroxylation is 1. The molecule has 1 atom stereocenters. The molecular formula is C20H20ClN3O4S. The third kappa shape index (κ3) is 4.02. The molecule has 1 unspecified atom stereocenters. The Hall–Kier alpha value is -2.76. The number of rotatable bonds is 6. The Bertz CT molecular complexity index is 1030. The molecule has 1 amide bonds. The number of oxime groups is 1. The van der Waals surface area contributed by atoms with Gasteiger partial charge in [-0.25, -0.2) is 0 Å². The smallest absolute Gasteiger partial charge is 0.269 e. The third-order valence-corrected chi connectivity index (χ3v) is 6.02. The molecule has 1 N–H and O–H groups in total. The molecule has 1 aromatic heterocycles. The molecule has 1 aromatic carbocycles. The molecule has 2 aromatic rings. The van der Waals surface area contributed by atoms with Crippen molar-refractivity contribution in [3.05, 3.63) is 38.7 Å². The van der Waals surface area contributed by atoms with Crippen LogP contribution >= 0.6 is 22.9 Å². The van der Waals surface area contributed by atoms with Crippen molar-refractivity contribution in [2.45, 2.75) is 32.8 Å². The number of methoxy groups -OCH3 is 2. The maximum Gasteiger partial charge on any atom is 0.269 e. The van der Waals surface area contributed by atoms with Crippen molar-refractivity contribution < 1.29 is 19.1 Å². The molecule has 0 fully saturated rings. The number of amides is 1. The van der Waals surface area contributed by atoms with E-state index >= 15 is 0 Å². The Morgan fingerprint density at radius 3 is 2.76 bits per heavy atom. The zero-order chi connectivity index (χ0) is 21.1. The predicted molar refractivity (Wildman–Crippen MR) is 112 cm³/mol. The van der Waals surface area contributed by atoms with Crippen molar-refractivity contribution in [1.29, 1.82) is 5.26 Å². The Morgan fingerprint density at radius 2 is 2.14 bits per heavy atom. The third-order valence-electron chi connectivity index (χ3n) is 4.66. The number of hydrogen-bond acceptors (Lipinski definition) is 7. The molecule has 29 heavy (non-hydrogen) atoms. The Balaban J connectivity index is 1.77. The van der Waals surface area contributed by atoms with Gasteiger partial charge in [-0.05, 0) is 25.0 Å². The minimum absolute atomic E-state index is 0.248. The number of hydrogen-bond donors (Lipinski definition) is 1. The monoisotopic (exact) mass is 433 g/mol. The van der Waals surface area contributed by atoms with Gasteiger partial charge < -0.3 is 19.6 Å². The highest BCUT2D eigenvalue weighted by molar-refractivity contribution is 7.16. The summed E-state index contributed by atoms with van der Waals surface area (Å²) >= 11 is 7.61. The number of carbonyl (C=O) groups is 1. The number of nitriles is 1. The van der Waals surface area contributed by atoms with E-state index in [0.717, 1.165) is 16.9 Å². The number of benzene rings is 1. The van der Waals surface area contributed by atoms with E-state index in [9.17, 15) is 10.1 Å². The van der Waals surface area contributed by atoms with Gasteiger partial charge in [-0.15, -0.1) is 11.3 Å². The Labute approximate surface area is 177 Å². The van der Waals surface area contributed by atoms with E-state index in [-0.39, 0.29) is 12.3 Å². The lowest BCUT2D eigenvalue weighted by atomic mass is 10.0. The van der Waals surface area contributed by atoms with Crippen LogP contribution in [0.1, 0.15) is 34.9 Å². The van der Waals surface area contributed by atoms with E-state index in [0.29, 0.717) is 38.4 Å². The summed E-state index contributed by atoms with van der Waals surface area (Å²) in [7, 11) is 3.04. The van der Waals surface area contributed by atoms with E-state index in [1.165, 1.54) is 25.6 Å². The van der Waals surface area contributed by atoms with Gasteiger partial charge in [-0.1, -0.05) is 23.7 Å². The minimum Gasteiger partial charge on any atom is -0.496 e. The lowest BCUT2D eigenvalue weighted by Gasteiger charge is -2.11. The fraction of sp³-hybridized carbons (Fsp3) is 0.350. The number of halogens is 1. The first kappa shape index (κ1) is 21.0. The lowest BCUT2D eigenvalue weighted by molar-refractivity contribution is -0.125. The molecule has 1 aliphatic heterocycles. The van der Waals surface area contributed by atoms with Crippen molar-refractivity contribution in [3.63, 3.8) is 0 Å². The van der Waals surface area contributed by atoms with Crippen molar-refractivity contribution in [1.82, 2.24) is 0 Å². The van der Waals surface area contributed by atoms with Gasteiger partial charge in [0.25, 0.3) is 5.91 Å². The molecule has 0 spiro atoms. The highest BCUT2D eigenvalue weighted by Gasteiger charge is 2.32. The molecule has 3 rings (SSSR count). The van der Waals surface area contributed by atoms with Crippen LogP contribution < -0.4 is 14.8 Å². The molecule has 0 saturated heterocycles. The normalized spacial score (nSPS) is 15.3. The molecule has 152 valence electrons. The van der Waals surface area contributed by atoms with Gasteiger partial charge in [0.1, 0.15) is 22.6 Å². The number of thiophene rings is 1. The van der Waals surface area contributed by atoms with Crippen LogP contribution in [0.25, 0.3) is 0 Å². The second-order valence-corrected chi connectivity index (χ2v) is 7.95. The molecule has 0 aliphatic carbocycles. The summed E-state index contributed by atoms with van der Waals surface area (Å²) in [6, 6.07) is 5.51. The summed E-state index contributed by atoms with van der Waals surface area (Å²) < 4.78 is 10.6. The van der Waals surface area contributed by atoms with E-state index < -0.39 is 6.10 Å². The van der Waals surface area contributed by atoms with Crippen LogP contribution in [0.3, 0.4) is 0 Å². The van der Waals surface area contributed by atoms with Gasteiger partial charge in [-0.2, -0.15) is 5.26 Å². The summed E-state index contributed by atoms with van der Waals surface area (Å²) in [4.78, 5) is 19.1. The topological polar surface area (TPSA) is 92.9 Å². The summed E-state index contributed by atoms with van der Waals surface area (Å²) in [6.45, 7) is 3.92. The summed E-state index contributed by atoms with van der Waals surface area (Å²) in [5.41, 5.74) is 2.64. The summed E-state index contributed by atoms with van der Waals surface area (Å²) in [5, 5.41) is 17.3. The van der Waals surface area contributed by atoms with Crippen LogP contribution in [0.4, 0.5) is 5.00 Å².